The summed E-state index contributed by atoms with van der Waals surface area (Å²) in [5, 5.41) is 2.97. The largest absolute Gasteiger partial charge is 0.346 e. The Balaban J connectivity index is 1.94. The molecule has 3 heterocycles. The maximum absolute atomic E-state index is 12.8. The number of carbonyl (C=O) groups excluding carboxylic acids is 2. The number of nitrogens with one attached hydrogen (secondary N) is 1. The maximum Gasteiger partial charge on any atom is 0.289 e. The van der Waals surface area contributed by atoms with Crippen LogP contribution in [0.2, 0.25) is 0 Å². The van der Waals surface area contributed by atoms with Gasteiger partial charge in [-0.25, -0.2) is 4.98 Å². The highest BCUT2D eigenvalue weighted by atomic mass is 16.2. The van der Waals surface area contributed by atoms with Gasteiger partial charge in [-0.2, -0.15) is 0 Å². The minimum atomic E-state index is -0.318. The number of rotatable bonds is 2. The first kappa shape index (κ1) is 16.0. The Morgan fingerprint density at radius 3 is 2.35 bits per heavy atom. The number of likely N-dealkylation sites (tertiary alicyclic amines) is 1. The van der Waals surface area contributed by atoms with Crippen molar-refractivity contribution in [2.24, 2.45) is 0 Å². The molecule has 0 bridgehead atoms. The highest BCUT2D eigenvalue weighted by Gasteiger charge is 2.31. The number of imidazole rings is 1. The number of amides is 2. The zero-order valence-electron chi connectivity index (χ0n) is 14.3. The second kappa shape index (κ2) is 5.98. The van der Waals surface area contributed by atoms with E-state index in [0.29, 0.717) is 11.5 Å². The van der Waals surface area contributed by atoms with Gasteiger partial charge in [-0.1, -0.05) is 0 Å². The van der Waals surface area contributed by atoms with Gasteiger partial charge in [0, 0.05) is 25.2 Å². The van der Waals surface area contributed by atoms with Gasteiger partial charge in [0.05, 0.1) is 5.69 Å². The van der Waals surface area contributed by atoms with Crippen molar-refractivity contribution in [3.63, 3.8) is 0 Å². The van der Waals surface area contributed by atoms with Gasteiger partial charge in [-0.15, -0.1) is 0 Å². The van der Waals surface area contributed by atoms with Gasteiger partial charge < -0.3 is 14.8 Å². The van der Waals surface area contributed by atoms with E-state index < -0.39 is 0 Å². The molecule has 3 rings (SSSR count). The fourth-order valence-electron chi connectivity index (χ4n) is 3.35. The highest BCUT2D eigenvalue weighted by Crippen LogP contribution is 2.23. The fourth-order valence-corrected chi connectivity index (χ4v) is 3.35. The Morgan fingerprint density at radius 1 is 1.04 bits per heavy atom. The molecular weight excluding hydrogens is 292 g/mol. The predicted octanol–water partition coefficient (Wildman–Crippen LogP) is 1.98. The molecule has 2 amide bonds. The molecule has 23 heavy (non-hydrogen) atoms. The van der Waals surface area contributed by atoms with Gasteiger partial charge in [0.1, 0.15) is 5.69 Å². The number of fused-ring (bicyclic) bond motifs is 1. The average molecular weight is 318 g/mol. The van der Waals surface area contributed by atoms with Crippen LogP contribution in [0.1, 0.15) is 73.3 Å². The van der Waals surface area contributed by atoms with Crippen molar-refractivity contribution in [1.29, 1.82) is 0 Å². The quantitative estimate of drug-likeness (QED) is 0.907. The molecule has 1 saturated heterocycles. The number of aromatic nitrogens is 2. The molecule has 0 aliphatic carbocycles. The van der Waals surface area contributed by atoms with Gasteiger partial charge in [0.15, 0.2) is 5.82 Å². The van der Waals surface area contributed by atoms with Crippen LogP contribution in [0.5, 0.6) is 0 Å². The van der Waals surface area contributed by atoms with Crippen molar-refractivity contribution in [1.82, 2.24) is 19.8 Å². The zero-order chi connectivity index (χ0) is 16.6. The molecule has 6 nitrogen and oxygen atoms in total. The van der Waals surface area contributed by atoms with Crippen LogP contribution in [-0.4, -0.2) is 44.9 Å². The van der Waals surface area contributed by atoms with Crippen molar-refractivity contribution in [2.45, 2.75) is 65.0 Å². The molecule has 6 heteroatoms. The molecule has 1 aromatic heterocycles. The van der Waals surface area contributed by atoms with Crippen LogP contribution in [-0.2, 0) is 13.0 Å². The summed E-state index contributed by atoms with van der Waals surface area (Å²) < 4.78 is 1.97. The van der Waals surface area contributed by atoms with Gasteiger partial charge in [-0.05, 0) is 52.9 Å². The zero-order valence-corrected chi connectivity index (χ0v) is 14.3. The molecule has 0 radical (unpaired) electrons. The predicted molar refractivity (Wildman–Crippen MR) is 87.5 cm³/mol. The van der Waals surface area contributed by atoms with E-state index in [4.69, 9.17) is 0 Å². The third kappa shape index (κ3) is 3.26. The van der Waals surface area contributed by atoms with Gasteiger partial charge in [-0.3, -0.25) is 9.59 Å². The molecule has 0 saturated carbocycles. The second-order valence-electron chi connectivity index (χ2n) is 7.54. The Hall–Kier alpha value is -1.85. The van der Waals surface area contributed by atoms with Crippen LogP contribution in [0.15, 0.2) is 0 Å². The number of nitrogens with zero attached hydrogens (tertiary/aromatic N) is 3. The van der Waals surface area contributed by atoms with Crippen molar-refractivity contribution < 1.29 is 9.59 Å². The van der Waals surface area contributed by atoms with Crippen molar-refractivity contribution >= 4 is 11.8 Å². The summed E-state index contributed by atoms with van der Waals surface area (Å²) in [4.78, 5) is 31.7. The first-order valence-electron chi connectivity index (χ1n) is 8.58. The SMILES string of the molecule is CC(C)(C)NC(=O)c1nc(C(=O)N2CCCC2)n2c1CCCC2. The molecule has 1 aromatic rings. The lowest BCUT2D eigenvalue weighted by Crippen LogP contribution is -2.41. The van der Waals surface area contributed by atoms with Crippen LogP contribution in [0.25, 0.3) is 0 Å². The second-order valence-corrected chi connectivity index (χ2v) is 7.54. The van der Waals surface area contributed by atoms with E-state index in [2.05, 4.69) is 10.3 Å². The summed E-state index contributed by atoms with van der Waals surface area (Å²) in [7, 11) is 0. The lowest BCUT2D eigenvalue weighted by Gasteiger charge is -2.21. The minimum absolute atomic E-state index is 0.0274. The van der Waals surface area contributed by atoms with E-state index in [-0.39, 0.29) is 17.4 Å². The fraction of sp³-hybridized carbons (Fsp3) is 0.706. The van der Waals surface area contributed by atoms with Gasteiger partial charge in [0.25, 0.3) is 11.8 Å². The van der Waals surface area contributed by atoms with Crippen LogP contribution in [0, 0.1) is 0 Å². The Morgan fingerprint density at radius 2 is 1.70 bits per heavy atom. The van der Waals surface area contributed by atoms with Crippen LogP contribution in [0.4, 0.5) is 0 Å². The van der Waals surface area contributed by atoms with E-state index in [9.17, 15) is 9.59 Å². The molecule has 0 aromatic carbocycles. The molecule has 0 unspecified atom stereocenters. The summed E-state index contributed by atoms with van der Waals surface area (Å²) in [5.41, 5.74) is 1.03. The normalized spacial score (nSPS) is 18.0. The maximum atomic E-state index is 12.8. The summed E-state index contributed by atoms with van der Waals surface area (Å²) >= 11 is 0. The van der Waals surface area contributed by atoms with E-state index in [1.54, 1.807) is 0 Å². The lowest BCUT2D eigenvalue weighted by atomic mass is 10.1. The third-order valence-corrected chi connectivity index (χ3v) is 4.41. The smallest absolute Gasteiger partial charge is 0.289 e. The molecule has 2 aliphatic heterocycles. The number of hydrogen-bond donors (Lipinski definition) is 1. The van der Waals surface area contributed by atoms with E-state index in [1.807, 2.05) is 30.2 Å². The monoisotopic (exact) mass is 318 g/mol. The van der Waals surface area contributed by atoms with Gasteiger partial charge in [0.2, 0.25) is 0 Å². The highest BCUT2D eigenvalue weighted by molar-refractivity contribution is 5.97. The van der Waals surface area contributed by atoms with Crippen molar-refractivity contribution in [2.75, 3.05) is 13.1 Å². The van der Waals surface area contributed by atoms with Gasteiger partial charge >= 0.3 is 0 Å². The number of carbonyl (C=O) groups is 2. The molecule has 0 spiro atoms. The molecule has 126 valence electrons. The van der Waals surface area contributed by atoms with Crippen molar-refractivity contribution in [3.8, 4) is 0 Å². The lowest BCUT2D eigenvalue weighted by molar-refractivity contribution is 0.0774. The topological polar surface area (TPSA) is 67.2 Å². The number of hydrogen-bond acceptors (Lipinski definition) is 3. The molecular formula is C17H26N4O2. The molecule has 2 aliphatic rings. The van der Waals surface area contributed by atoms with Crippen molar-refractivity contribution in [3.05, 3.63) is 17.2 Å². The Bertz CT molecular complexity index is 621. The Labute approximate surface area is 137 Å². The van der Waals surface area contributed by atoms with E-state index >= 15 is 0 Å². The molecule has 1 N–H and O–H groups in total. The minimum Gasteiger partial charge on any atom is -0.346 e. The first-order chi connectivity index (χ1) is 10.9. The average Bonchev–Trinajstić information content (AvgIpc) is 3.13. The summed E-state index contributed by atoms with van der Waals surface area (Å²) in [6.07, 6.45) is 4.99. The molecule has 0 atom stereocenters. The standard InChI is InChI=1S/C17H26N4O2/c1-17(2,3)19-15(22)13-12-8-4-5-11-21(12)14(18-13)16(23)20-9-6-7-10-20/h4-11H2,1-3H3,(H,19,22). The third-order valence-electron chi connectivity index (χ3n) is 4.41. The summed E-state index contributed by atoms with van der Waals surface area (Å²) in [6, 6.07) is 0. The van der Waals surface area contributed by atoms with E-state index in [1.165, 1.54) is 0 Å². The van der Waals surface area contributed by atoms with Crippen LogP contribution in [0.3, 0.4) is 0 Å². The van der Waals surface area contributed by atoms with E-state index in [0.717, 1.165) is 57.4 Å². The van der Waals surface area contributed by atoms with Crippen LogP contribution < -0.4 is 5.32 Å². The first-order valence-corrected chi connectivity index (χ1v) is 8.58. The Kier molecular flexibility index (Phi) is 4.17. The molecule has 1 fully saturated rings. The summed E-state index contributed by atoms with van der Waals surface area (Å²) in [5.74, 6) is 0.240. The summed E-state index contributed by atoms with van der Waals surface area (Å²) in [6.45, 7) is 8.21. The van der Waals surface area contributed by atoms with Crippen LogP contribution >= 0.6 is 0 Å².